The van der Waals surface area contributed by atoms with Crippen LogP contribution in [0.5, 0.6) is 11.6 Å². The Labute approximate surface area is 191 Å². The number of hydrogen-bond acceptors (Lipinski definition) is 9. The summed E-state index contributed by atoms with van der Waals surface area (Å²) in [6.07, 6.45) is 8.09. The van der Waals surface area contributed by atoms with Crippen molar-refractivity contribution in [3.8, 4) is 11.6 Å². The highest BCUT2D eigenvalue weighted by Crippen LogP contribution is 2.33. The molecule has 3 aromatic rings. The maximum absolute atomic E-state index is 14.4. The minimum atomic E-state index is -0.566. The van der Waals surface area contributed by atoms with Gasteiger partial charge in [-0.2, -0.15) is 9.37 Å². The Balaban J connectivity index is 1.27. The number of ether oxygens (including phenoxy) is 3. The Morgan fingerprint density at radius 1 is 1.03 bits per heavy atom. The average molecular weight is 455 g/mol. The molecule has 1 aliphatic heterocycles. The Hall–Kier alpha value is -3.27. The molecule has 5 rings (SSSR count). The van der Waals surface area contributed by atoms with Gasteiger partial charge in [-0.15, -0.1) is 0 Å². The van der Waals surface area contributed by atoms with Gasteiger partial charge in [0.05, 0.1) is 31.9 Å². The van der Waals surface area contributed by atoms with Crippen molar-refractivity contribution in [3.05, 3.63) is 36.7 Å². The van der Waals surface area contributed by atoms with Crippen molar-refractivity contribution < 1.29 is 18.6 Å². The van der Waals surface area contributed by atoms with Crippen LogP contribution < -0.4 is 19.7 Å². The number of morpholine rings is 1. The number of anilines is 2. The lowest BCUT2D eigenvalue weighted by atomic mass is 9.93. The number of benzene rings is 1. The van der Waals surface area contributed by atoms with Crippen LogP contribution in [0.2, 0.25) is 0 Å². The molecule has 0 unspecified atom stereocenters. The van der Waals surface area contributed by atoms with Crippen LogP contribution in [0.15, 0.2) is 30.9 Å². The van der Waals surface area contributed by atoms with E-state index < -0.39 is 5.82 Å². The molecule has 2 fully saturated rings. The molecule has 0 radical (unpaired) electrons. The zero-order valence-electron chi connectivity index (χ0n) is 18.5. The van der Waals surface area contributed by atoms with Gasteiger partial charge in [-0.3, -0.25) is 4.98 Å². The molecule has 0 atom stereocenters. The van der Waals surface area contributed by atoms with Gasteiger partial charge in [0.1, 0.15) is 17.6 Å². The van der Waals surface area contributed by atoms with Crippen molar-refractivity contribution in [3.63, 3.8) is 0 Å². The van der Waals surface area contributed by atoms with E-state index >= 15 is 0 Å². The second-order valence-corrected chi connectivity index (χ2v) is 8.25. The van der Waals surface area contributed by atoms with Gasteiger partial charge in [-0.25, -0.2) is 9.97 Å². The molecule has 1 saturated carbocycles. The molecule has 1 aromatic carbocycles. The molecular weight excluding hydrogens is 427 g/mol. The van der Waals surface area contributed by atoms with E-state index in [2.05, 4.69) is 42.3 Å². The molecule has 1 saturated heterocycles. The quantitative estimate of drug-likeness (QED) is 0.602. The van der Waals surface area contributed by atoms with E-state index in [0.717, 1.165) is 61.2 Å². The van der Waals surface area contributed by atoms with Crippen LogP contribution in [0, 0.1) is 5.82 Å². The molecular formula is C23H27FN6O3. The number of fused-ring (bicyclic) bond motifs is 1. The van der Waals surface area contributed by atoms with Crippen LogP contribution in [0.3, 0.4) is 0 Å². The monoisotopic (exact) mass is 454 g/mol. The third-order valence-corrected chi connectivity index (χ3v) is 6.16. The molecule has 0 bridgehead atoms. The largest absolute Gasteiger partial charge is 0.488 e. The van der Waals surface area contributed by atoms with E-state index in [-0.39, 0.29) is 23.8 Å². The van der Waals surface area contributed by atoms with Crippen molar-refractivity contribution in [2.75, 3.05) is 43.6 Å². The molecule has 1 N–H and O–H groups in total. The van der Waals surface area contributed by atoms with Crippen molar-refractivity contribution in [2.24, 2.45) is 0 Å². The first-order valence-electron chi connectivity index (χ1n) is 11.3. The number of aromatic nitrogens is 4. The van der Waals surface area contributed by atoms with E-state index in [1.807, 2.05) is 0 Å². The Morgan fingerprint density at radius 3 is 2.61 bits per heavy atom. The second-order valence-electron chi connectivity index (χ2n) is 8.25. The maximum Gasteiger partial charge on any atom is 0.255 e. The molecule has 2 aliphatic rings. The first-order valence-corrected chi connectivity index (χ1v) is 11.3. The third-order valence-electron chi connectivity index (χ3n) is 6.16. The summed E-state index contributed by atoms with van der Waals surface area (Å²) in [6.45, 7) is 3.10. The summed E-state index contributed by atoms with van der Waals surface area (Å²) in [5, 5.41) is 3.19. The number of hydrogen-bond donors (Lipinski definition) is 1. The molecule has 10 heteroatoms. The van der Waals surface area contributed by atoms with E-state index in [0.29, 0.717) is 13.2 Å². The fraction of sp³-hybridized carbons (Fsp3) is 0.478. The van der Waals surface area contributed by atoms with Crippen molar-refractivity contribution >= 4 is 22.5 Å². The van der Waals surface area contributed by atoms with Crippen LogP contribution in [0.4, 0.5) is 15.9 Å². The molecule has 9 nitrogen and oxygen atoms in total. The SMILES string of the molecule is COc1ncnc(NC2CCC(Oc3cc(N4CCOCC4)cc4nccnc34)CC2)c1F. The predicted octanol–water partition coefficient (Wildman–Crippen LogP) is 3.21. The van der Waals surface area contributed by atoms with Crippen LogP contribution in [-0.2, 0) is 4.74 Å². The number of nitrogens with zero attached hydrogens (tertiary/aromatic N) is 5. The van der Waals surface area contributed by atoms with Gasteiger partial charge in [0, 0.05) is 43.3 Å². The molecule has 33 heavy (non-hydrogen) atoms. The third kappa shape index (κ3) is 4.75. The summed E-state index contributed by atoms with van der Waals surface area (Å²) in [4.78, 5) is 19.1. The standard InChI is InChI=1S/C23H27FN6O3/c1-31-23-20(24)22(27-14-28-23)29-15-2-4-17(5-3-15)33-19-13-16(30-8-10-32-11-9-30)12-18-21(19)26-7-6-25-18/h6-7,12-15,17H,2-5,8-11H2,1H3,(H,27,28,29). The lowest BCUT2D eigenvalue weighted by molar-refractivity contribution is 0.122. The minimum absolute atomic E-state index is 0.0537. The summed E-state index contributed by atoms with van der Waals surface area (Å²) in [7, 11) is 1.39. The van der Waals surface area contributed by atoms with Gasteiger partial charge in [-0.1, -0.05) is 0 Å². The summed E-state index contributed by atoms with van der Waals surface area (Å²) < 4.78 is 31.2. The first kappa shape index (κ1) is 21.6. The van der Waals surface area contributed by atoms with Crippen molar-refractivity contribution in [1.29, 1.82) is 0 Å². The van der Waals surface area contributed by atoms with Crippen LogP contribution in [-0.4, -0.2) is 65.5 Å². The molecule has 2 aromatic heterocycles. The zero-order valence-corrected chi connectivity index (χ0v) is 18.5. The Morgan fingerprint density at radius 2 is 1.82 bits per heavy atom. The van der Waals surface area contributed by atoms with Crippen molar-refractivity contribution in [1.82, 2.24) is 19.9 Å². The zero-order chi connectivity index (χ0) is 22.6. The Kier molecular flexibility index (Phi) is 6.34. The van der Waals surface area contributed by atoms with Crippen LogP contribution >= 0.6 is 0 Å². The van der Waals surface area contributed by atoms with E-state index in [1.165, 1.54) is 13.4 Å². The fourth-order valence-electron chi connectivity index (χ4n) is 4.42. The van der Waals surface area contributed by atoms with Gasteiger partial charge in [0.2, 0.25) is 5.82 Å². The van der Waals surface area contributed by atoms with Crippen LogP contribution in [0.25, 0.3) is 11.0 Å². The number of nitrogens with one attached hydrogen (secondary N) is 1. The number of methoxy groups -OCH3 is 1. The highest BCUT2D eigenvalue weighted by molar-refractivity contribution is 5.85. The lowest BCUT2D eigenvalue weighted by Gasteiger charge is -2.31. The summed E-state index contributed by atoms with van der Waals surface area (Å²) >= 11 is 0. The number of rotatable bonds is 6. The fourth-order valence-corrected chi connectivity index (χ4v) is 4.42. The number of halogens is 1. The predicted molar refractivity (Wildman–Crippen MR) is 121 cm³/mol. The van der Waals surface area contributed by atoms with E-state index in [1.54, 1.807) is 12.4 Å². The van der Waals surface area contributed by atoms with Gasteiger partial charge in [0.15, 0.2) is 5.82 Å². The first-order chi connectivity index (χ1) is 16.2. The topological polar surface area (TPSA) is 94.5 Å². The molecule has 174 valence electrons. The maximum atomic E-state index is 14.4. The highest BCUT2D eigenvalue weighted by Gasteiger charge is 2.25. The molecule has 3 heterocycles. The van der Waals surface area contributed by atoms with E-state index in [4.69, 9.17) is 14.2 Å². The summed E-state index contributed by atoms with van der Waals surface area (Å²) in [5.41, 5.74) is 2.66. The molecule has 0 spiro atoms. The molecule has 0 amide bonds. The van der Waals surface area contributed by atoms with Crippen LogP contribution in [0.1, 0.15) is 25.7 Å². The van der Waals surface area contributed by atoms with E-state index in [9.17, 15) is 4.39 Å². The smallest absolute Gasteiger partial charge is 0.255 e. The van der Waals surface area contributed by atoms with Crippen molar-refractivity contribution in [2.45, 2.75) is 37.8 Å². The van der Waals surface area contributed by atoms with Gasteiger partial charge < -0.3 is 24.4 Å². The van der Waals surface area contributed by atoms with Gasteiger partial charge >= 0.3 is 0 Å². The minimum Gasteiger partial charge on any atom is -0.488 e. The average Bonchev–Trinajstić information content (AvgIpc) is 2.87. The Bertz CT molecular complexity index is 1100. The van der Waals surface area contributed by atoms with Gasteiger partial charge in [0.25, 0.3) is 5.88 Å². The normalized spacial score (nSPS) is 21.1. The highest BCUT2D eigenvalue weighted by atomic mass is 19.1. The summed E-state index contributed by atoms with van der Waals surface area (Å²) in [6, 6.07) is 4.23. The summed E-state index contributed by atoms with van der Waals surface area (Å²) in [5.74, 6) is 0.303. The van der Waals surface area contributed by atoms with Gasteiger partial charge in [-0.05, 0) is 31.7 Å². The second kappa shape index (κ2) is 9.70. The molecule has 1 aliphatic carbocycles. The lowest BCUT2D eigenvalue weighted by Crippen LogP contribution is -2.36.